The molecule has 1 aliphatic rings. The molecule has 3 nitrogen and oxygen atoms in total. The minimum absolute atomic E-state index is 0.711. The lowest BCUT2D eigenvalue weighted by Crippen LogP contribution is -2.19. The van der Waals surface area contributed by atoms with Crippen molar-refractivity contribution < 1.29 is 4.74 Å². The van der Waals surface area contributed by atoms with Crippen molar-refractivity contribution in [2.45, 2.75) is 11.2 Å². The van der Waals surface area contributed by atoms with Crippen molar-refractivity contribution in [3.8, 4) is 12.1 Å². The first-order chi connectivity index (χ1) is 9.29. The van der Waals surface area contributed by atoms with E-state index < -0.39 is 11.2 Å². The van der Waals surface area contributed by atoms with E-state index in [1.54, 1.807) is 0 Å². The first-order valence-electron chi connectivity index (χ1n) is 5.93. The molecule has 0 amide bonds. The van der Waals surface area contributed by atoms with Crippen LogP contribution < -0.4 is 0 Å². The van der Waals surface area contributed by atoms with Crippen LogP contribution in [0.15, 0.2) is 60.7 Å². The molecule has 0 unspecified atom stereocenters. The Balaban J connectivity index is 2.14. The highest BCUT2D eigenvalue weighted by atomic mass is 16.6. The summed E-state index contributed by atoms with van der Waals surface area (Å²) in [7, 11) is 0. The third kappa shape index (κ3) is 1.40. The number of rotatable bonds is 2. The van der Waals surface area contributed by atoms with Gasteiger partial charge in [-0.25, -0.2) is 0 Å². The van der Waals surface area contributed by atoms with E-state index in [4.69, 9.17) is 4.74 Å². The first-order valence-corrected chi connectivity index (χ1v) is 5.93. The Morgan fingerprint density at radius 3 is 1.37 bits per heavy atom. The molecule has 3 heteroatoms. The van der Waals surface area contributed by atoms with Gasteiger partial charge in [-0.2, -0.15) is 10.5 Å². The topological polar surface area (TPSA) is 60.1 Å². The molecule has 90 valence electrons. The molecule has 2 aromatic rings. The van der Waals surface area contributed by atoms with Gasteiger partial charge in [0.2, 0.25) is 11.2 Å². The van der Waals surface area contributed by atoms with Crippen molar-refractivity contribution in [3.63, 3.8) is 0 Å². The van der Waals surface area contributed by atoms with Gasteiger partial charge in [0.25, 0.3) is 0 Å². The molecule has 19 heavy (non-hydrogen) atoms. The molecule has 0 aromatic heterocycles. The van der Waals surface area contributed by atoms with Crippen molar-refractivity contribution in [1.82, 2.24) is 0 Å². The number of ether oxygens (including phenoxy) is 1. The summed E-state index contributed by atoms with van der Waals surface area (Å²) in [5, 5.41) is 19.0. The summed E-state index contributed by atoms with van der Waals surface area (Å²) in [4.78, 5) is 0. The molecule has 0 radical (unpaired) electrons. The van der Waals surface area contributed by atoms with Gasteiger partial charge in [-0.1, -0.05) is 60.7 Å². The summed E-state index contributed by atoms with van der Waals surface area (Å²) in [5.41, 5.74) is -0.986. The van der Waals surface area contributed by atoms with Crippen LogP contribution in [0.4, 0.5) is 0 Å². The Labute approximate surface area is 111 Å². The maximum absolute atomic E-state index is 9.51. The molecule has 2 aromatic carbocycles. The number of hydrogen-bond acceptors (Lipinski definition) is 3. The van der Waals surface area contributed by atoms with E-state index in [1.807, 2.05) is 60.7 Å². The molecule has 0 N–H and O–H groups in total. The lowest BCUT2D eigenvalue weighted by atomic mass is 9.83. The molecule has 1 heterocycles. The molecule has 0 bridgehead atoms. The van der Waals surface area contributed by atoms with Crippen LogP contribution in [-0.2, 0) is 15.9 Å². The van der Waals surface area contributed by atoms with Gasteiger partial charge >= 0.3 is 0 Å². The van der Waals surface area contributed by atoms with Crippen LogP contribution in [0.25, 0.3) is 0 Å². The van der Waals surface area contributed by atoms with Gasteiger partial charge in [-0.15, -0.1) is 0 Å². The minimum atomic E-state index is -1.20. The number of nitriles is 2. The van der Waals surface area contributed by atoms with E-state index in [1.165, 1.54) is 0 Å². The fourth-order valence-corrected chi connectivity index (χ4v) is 2.41. The van der Waals surface area contributed by atoms with Crippen LogP contribution in [0.5, 0.6) is 0 Å². The molecule has 1 fully saturated rings. The summed E-state index contributed by atoms with van der Waals surface area (Å²) in [6, 6.07) is 22.7. The van der Waals surface area contributed by atoms with Crippen molar-refractivity contribution in [2.75, 3.05) is 0 Å². The van der Waals surface area contributed by atoms with Crippen LogP contribution in [0.3, 0.4) is 0 Å². The Morgan fingerprint density at radius 2 is 1.05 bits per heavy atom. The van der Waals surface area contributed by atoms with Crippen molar-refractivity contribution >= 4 is 0 Å². The van der Waals surface area contributed by atoms with E-state index in [0.717, 1.165) is 0 Å². The highest BCUT2D eigenvalue weighted by Crippen LogP contribution is 2.61. The predicted molar refractivity (Wildman–Crippen MR) is 68.6 cm³/mol. The molecule has 0 spiro atoms. The molecule has 2 atom stereocenters. The van der Waals surface area contributed by atoms with E-state index >= 15 is 0 Å². The van der Waals surface area contributed by atoms with E-state index in [-0.39, 0.29) is 0 Å². The van der Waals surface area contributed by atoms with Crippen LogP contribution in [0.2, 0.25) is 0 Å². The Hall–Kier alpha value is -2.62. The molecular weight excluding hydrogens is 236 g/mol. The molecule has 1 saturated heterocycles. The summed E-state index contributed by atoms with van der Waals surface area (Å²) < 4.78 is 5.64. The maximum atomic E-state index is 9.51. The van der Waals surface area contributed by atoms with Crippen molar-refractivity contribution in [2.24, 2.45) is 0 Å². The number of benzene rings is 2. The summed E-state index contributed by atoms with van der Waals surface area (Å²) in [6.07, 6.45) is 0. The predicted octanol–water partition coefficient (Wildman–Crippen LogP) is 2.85. The Morgan fingerprint density at radius 1 is 0.684 bits per heavy atom. The van der Waals surface area contributed by atoms with E-state index in [2.05, 4.69) is 12.1 Å². The Kier molecular flexibility index (Phi) is 2.38. The van der Waals surface area contributed by atoms with Gasteiger partial charge in [0.15, 0.2) is 0 Å². The zero-order valence-electron chi connectivity index (χ0n) is 10.1. The normalized spacial score (nSPS) is 28.1. The lowest BCUT2D eigenvalue weighted by Gasteiger charge is -2.08. The fraction of sp³-hybridized carbons (Fsp3) is 0.125. The van der Waals surface area contributed by atoms with Gasteiger partial charge in [0.1, 0.15) is 12.1 Å². The largest absolute Gasteiger partial charge is 0.321 e. The van der Waals surface area contributed by atoms with Crippen LogP contribution in [0.1, 0.15) is 11.1 Å². The van der Waals surface area contributed by atoms with Gasteiger partial charge in [0, 0.05) is 11.1 Å². The van der Waals surface area contributed by atoms with Crippen LogP contribution in [-0.4, -0.2) is 0 Å². The smallest absolute Gasteiger partial charge is 0.228 e. The SMILES string of the molecule is N#C[C@@]1(c2ccccc2)O[C@]1(C#N)c1ccccc1. The molecule has 0 saturated carbocycles. The van der Waals surface area contributed by atoms with Gasteiger partial charge in [0.05, 0.1) is 0 Å². The zero-order valence-corrected chi connectivity index (χ0v) is 10.1. The average Bonchev–Trinajstić information content (AvgIpc) is 3.20. The Bertz CT molecular complexity index is 623. The number of hydrogen-bond donors (Lipinski definition) is 0. The molecule has 1 aliphatic heterocycles. The standard InChI is InChI=1S/C16H10N2O/c17-11-15(13-7-3-1-4-8-13)16(12-18,19-15)14-9-5-2-6-10-14/h1-10H/t15-,16+. The molecule has 3 rings (SSSR count). The second kappa shape index (κ2) is 3.95. The average molecular weight is 246 g/mol. The molecule has 0 aliphatic carbocycles. The third-order valence-corrected chi connectivity index (χ3v) is 3.44. The highest BCUT2D eigenvalue weighted by molar-refractivity contribution is 5.51. The zero-order chi connectivity index (χ0) is 13.3. The third-order valence-electron chi connectivity index (χ3n) is 3.44. The number of nitrogens with zero attached hydrogens (tertiary/aromatic N) is 2. The summed E-state index contributed by atoms with van der Waals surface area (Å²) >= 11 is 0. The minimum Gasteiger partial charge on any atom is -0.321 e. The van der Waals surface area contributed by atoms with Crippen LogP contribution >= 0.6 is 0 Å². The monoisotopic (exact) mass is 246 g/mol. The highest BCUT2D eigenvalue weighted by Gasteiger charge is 2.74. The summed E-state index contributed by atoms with van der Waals surface area (Å²) in [5.74, 6) is 0. The van der Waals surface area contributed by atoms with Crippen LogP contribution in [0, 0.1) is 22.7 Å². The van der Waals surface area contributed by atoms with Gasteiger partial charge < -0.3 is 4.74 Å². The quantitative estimate of drug-likeness (QED) is 0.765. The van der Waals surface area contributed by atoms with E-state index in [9.17, 15) is 10.5 Å². The van der Waals surface area contributed by atoms with Crippen molar-refractivity contribution in [3.05, 3.63) is 71.8 Å². The second-order valence-corrected chi connectivity index (χ2v) is 4.42. The van der Waals surface area contributed by atoms with Gasteiger partial charge in [-0.05, 0) is 0 Å². The second-order valence-electron chi connectivity index (χ2n) is 4.42. The van der Waals surface area contributed by atoms with Gasteiger partial charge in [-0.3, -0.25) is 0 Å². The number of epoxide rings is 1. The van der Waals surface area contributed by atoms with Crippen molar-refractivity contribution in [1.29, 1.82) is 10.5 Å². The molecular formula is C16H10N2O. The van der Waals surface area contributed by atoms with E-state index in [0.29, 0.717) is 11.1 Å². The lowest BCUT2D eigenvalue weighted by molar-refractivity contribution is 0.314. The maximum Gasteiger partial charge on any atom is 0.228 e. The first kappa shape index (κ1) is 11.5. The fourth-order valence-electron chi connectivity index (χ4n) is 2.41. The summed E-state index contributed by atoms with van der Waals surface area (Å²) in [6.45, 7) is 0.